The van der Waals surface area contributed by atoms with Gasteiger partial charge in [-0.05, 0) is 36.8 Å². The van der Waals surface area contributed by atoms with Crippen LogP contribution in [0.1, 0.15) is 16.1 Å². The zero-order valence-corrected chi connectivity index (χ0v) is 14.7. The molecule has 0 atom stereocenters. The Balaban J connectivity index is 1.51. The van der Waals surface area contributed by atoms with E-state index in [0.717, 1.165) is 22.2 Å². The maximum absolute atomic E-state index is 12.5. The van der Waals surface area contributed by atoms with Crippen LogP contribution in [0, 0.1) is 6.92 Å². The zero-order chi connectivity index (χ0) is 18.6. The molecule has 4 rings (SSSR count). The zero-order valence-electron chi connectivity index (χ0n) is 14.7. The SMILES string of the molecule is Cc1cccc(Nc2cnc(C(=O)Nc3cccc4cccnc34)cn2)c1. The summed E-state index contributed by atoms with van der Waals surface area (Å²) in [6.07, 6.45) is 4.69. The van der Waals surface area contributed by atoms with Crippen molar-refractivity contribution in [2.45, 2.75) is 6.92 Å². The summed E-state index contributed by atoms with van der Waals surface area (Å²) in [5.74, 6) is 0.242. The highest BCUT2D eigenvalue weighted by Crippen LogP contribution is 2.21. The Hall–Kier alpha value is -3.80. The summed E-state index contributed by atoms with van der Waals surface area (Å²) in [6.45, 7) is 2.02. The van der Waals surface area contributed by atoms with E-state index in [9.17, 15) is 4.79 Å². The number of anilines is 3. The molecule has 0 aliphatic rings. The van der Waals surface area contributed by atoms with Crippen LogP contribution in [-0.2, 0) is 0 Å². The molecular weight excluding hydrogens is 338 g/mol. The van der Waals surface area contributed by atoms with Gasteiger partial charge in [0.15, 0.2) is 0 Å². The fourth-order valence-corrected chi connectivity index (χ4v) is 2.77. The Morgan fingerprint density at radius 2 is 1.78 bits per heavy atom. The first-order valence-corrected chi connectivity index (χ1v) is 8.50. The van der Waals surface area contributed by atoms with Gasteiger partial charge < -0.3 is 10.6 Å². The molecule has 2 heterocycles. The summed E-state index contributed by atoms with van der Waals surface area (Å²) < 4.78 is 0. The van der Waals surface area contributed by atoms with Gasteiger partial charge >= 0.3 is 0 Å². The Morgan fingerprint density at radius 3 is 2.59 bits per heavy atom. The molecule has 0 fully saturated rings. The largest absolute Gasteiger partial charge is 0.339 e. The average molecular weight is 355 g/mol. The molecule has 0 bridgehead atoms. The van der Waals surface area contributed by atoms with Gasteiger partial charge in [0.1, 0.15) is 11.5 Å². The molecule has 0 aliphatic heterocycles. The van der Waals surface area contributed by atoms with Crippen molar-refractivity contribution in [2.24, 2.45) is 0 Å². The van der Waals surface area contributed by atoms with Crippen molar-refractivity contribution in [2.75, 3.05) is 10.6 Å². The van der Waals surface area contributed by atoms with E-state index in [1.165, 1.54) is 6.20 Å². The Bertz CT molecular complexity index is 1100. The molecule has 132 valence electrons. The van der Waals surface area contributed by atoms with E-state index < -0.39 is 0 Å². The van der Waals surface area contributed by atoms with Crippen LogP contribution in [0.15, 0.2) is 73.2 Å². The van der Waals surface area contributed by atoms with E-state index in [-0.39, 0.29) is 11.6 Å². The summed E-state index contributed by atoms with van der Waals surface area (Å²) in [6, 6.07) is 17.4. The first-order valence-electron chi connectivity index (χ1n) is 8.50. The van der Waals surface area contributed by atoms with Crippen molar-refractivity contribution in [3.8, 4) is 0 Å². The molecule has 2 N–H and O–H groups in total. The van der Waals surface area contributed by atoms with E-state index in [2.05, 4.69) is 25.6 Å². The van der Waals surface area contributed by atoms with Gasteiger partial charge in [-0.1, -0.05) is 30.3 Å². The Labute approximate surface area is 156 Å². The summed E-state index contributed by atoms with van der Waals surface area (Å²) in [7, 11) is 0. The third kappa shape index (κ3) is 3.74. The molecule has 6 nitrogen and oxygen atoms in total. The van der Waals surface area contributed by atoms with Gasteiger partial charge in [0.25, 0.3) is 5.91 Å². The standard InChI is InChI=1S/C21H17N5O/c1-14-5-2-8-16(11-14)25-19-13-23-18(12-24-19)21(27)26-17-9-3-6-15-7-4-10-22-20(15)17/h2-13H,1H3,(H,24,25)(H,26,27). The smallest absolute Gasteiger partial charge is 0.275 e. The minimum atomic E-state index is -0.331. The van der Waals surface area contributed by atoms with Gasteiger partial charge in [-0.2, -0.15) is 0 Å². The Morgan fingerprint density at radius 1 is 0.926 bits per heavy atom. The molecule has 0 spiro atoms. The number of carbonyl (C=O) groups excluding carboxylic acids is 1. The molecule has 1 amide bonds. The number of nitrogens with one attached hydrogen (secondary N) is 2. The number of hydrogen-bond donors (Lipinski definition) is 2. The van der Waals surface area contributed by atoms with Crippen LogP contribution >= 0.6 is 0 Å². The fourth-order valence-electron chi connectivity index (χ4n) is 2.77. The molecule has 27 heavy (non-hydrogen) atoms. The van der Waals surface area contributed by atoms with Crippen molar-refractivity contribution in [1.29, 1.82) is 0 Å². The number of amides is 1. The lowest BCUT2D eigenvalue weighted by Gasteiger charge is -2.09. The predicted molar refractivity (Wildman–Crippen MR) is 106 cm³/mol. The van der Waals surface area contributed by atoms with Gasteiger partial charge in [0.2, 0.25) is 0 Å². The minimum absolute atomic E-state index is 0.234. The fraction of sp³-hybridized carbons (Fsp3) is 0.0476. The molecule has 0 radical (unpaired) electrons. The van der Waals surface area contributed by atoms with E-state index in [4.69, 9.17) is 0 Å². The number of carbonyl (C=O) groups is 1. The monoisotopic (exact) mass is 355 g/mol. The van der Waals surface area contributed by atoms with Gasteiger partial charge in [-0.25, -0.2) is 9.97 Å². The molecule has 0 aliphatic carbocycles. The predicted octanol–water partition coefficient (Wildman–Crippen LogP) is 4.33. The van der Waals surface area contributed by atoms with Crippen LogP contribution in [0.5, 0.6) is 0 Å². The van der Waals surface area contributed by atoms with Crippen LogP contribution in [0.25, 0.3) is 10.9 Å². The molecule has 2 aromatic heterocycles. The highest BCUT2D eigenvalue weighted by Gasteiger charge is 2.11. The number of aromatic nitrogens is 3. The number of para-hydroxylation sites is 1. The summed E-state index contributed by atoms with van der Waals surface area (Å²) >= 11 is 0. The third-order valence-electron chi connectivity index (χ3n) is 4.06. The van der Waals surface area contributed by atoms with Crippen molar-refractivity contribution in [1.82, 2.24) is 15.0 Å². The summed E-state index contributed by atoms with van der Waals surface area (Å²) in [5, 5.41) is 6.98. The van der Waals surface area contributed by atoms with Crippen LogP contribution < -0.4 is 10.6 Å². The normalized spacial score (nSPS) is 10.6. The first-order chi connectivity index (χ1) is 13.2. The maximum atomic E-state index is 12.5. The second-order valence-corrected chi connectivity index (χ2v) is 6.12. The van der Waals surface area contributed by atoms with Crippen molar-refractivity contribution >= 4 is 34.0 Å². The lowest BCUT2D eigenvalue weighted by atomic mass is 10.2. The number of benzene rings is 2. The van der Waals surface area contributed by atoms with E-state index in [1.54, 1.807) is 12.4 Å². The van der Waals surface area contributed by atoms with Crippen LogP contribution in [0.4, 0.5) is 17.2 Å². The van der Waals surface area contributed by atoms with Gasteiger partial charge in [0.05, 0.1) is 23.6 Å². The van der Waals surface area contributed by atoms with Crippen LogP contribution in [0.2, 0.25) is 0 Å². The van der Waals surface area contributed by atoms with Gasteiger partial charge in [-0.15, -0.1) is 0 Å². The summed E-state index contributed by atoms with van der Waals surface area (Å²) in [5.41, 5.74) is 3.68. The number of nitrogens with zero attached hydrogens (tertiary/aromatic N) is 3. The highest BCUT2D eigenvalue weighted by molar-refractivity contribution is 6.07. The van der Waals surface area contributed by atoms with E-state index >= 15 is 0 Å². The number of rotatable bonds is 4. The molecule has 0 saturated carbocycles. The first kappa shape index (κ1) is 16.7. The van der Waals surface area contributed by atoms with E-state index in [0.29, 0.717) is 11.5 Å². The second kappa shape index (κ2) is 7.21. The number of fused-ring (bicyclic) bond motifs is 1. The van der Waals surface area contributed by atoms with Crippen molar-refractivity contribution < 1.29 is 4.79 Å². The van der Waals surface area contributed by atoms with Crippen molar-refractivity contribution in [3.05, 3.63) is 84.4 Å². The molecule has 6 heteroatoms. The average Bonchev–Trinajstić information content (AvgIpc) is 2.69. The van der Waals surface area contributed by atoms with Gasteiger partial charge in [0, 0.05) is 17.3 Å². The van der Waals surface area contributed by atoms with Crippen LogP contribution in [-0.4, -0.2) is 20.9 Å². The van der Waals surface area contributed by atoms with Gasteiger partial charge in [-0.3, -0.25) is 9.78 Å². The number of aryl methyl sites for hydroxylation is 1. The maximum Gasteiger partial charge on any atom is 0.275 e. The van der Waals surface area contributed by atoms with Crippen LogP contribution in [0.3, 0.4) is 0 Å². The minimum Gasteiger partial charge on any atom is -0.339 e. The highest BCUT2D eigenvalue weighted by atomic mass is 16.1. The number of hydrogen-bond acceptors (Lipinski definition) is 5. The topological polar surface area (TPSA) is 79.8 Å². The Kier molecular flexibility index (Phi) is 4.45. The summed E-state index contributed by atoms with van der Waals surface area (Å²) in [4.78, 5) is 25.3. The molecule has 0 unspecified atom stereocenters. The number of pyridine rings is 1. The molecule has 0 saturated heterocycles. The third-order valence-corrected chi connectivity index (χ3v) is 4.06. The van der Waals surface area contributed by atoms with E-state index in [1.807, 2.05) is 61.5 Å². The lowest BCUT2D eigenvalue weighted by Crippen LogP contribution is -2.14. The van der Waals surface area contributed by atoms with Crippen molar-refractivity contribution in [3.63, 3.8) is 0 Å². The molecule has 2 aromatic carbocycles. The molecule has 4 aromatic rings. The molecular formula is C21H17N5O. The second-order valence-electron chi connectivity index (χ2n) is 6.12. The quantitative estimate of drug-likeness (QED) is 0.569. The lowest BCUT2D eigenvalue weighted by molar-refractivity contribution is 0.102.